The number of benzene rings is 1. The first-order valence-corrected chi connectivity index (χ1v) is 5.88. The van der Waals surface area contributed by atoms with Crippen LogP contribution < -0.4 is 0 Å². The van der Waals surface area contributed by atoms with Crippen LogP contribution in [-0.2, 0) is 0 Å². The average Bonchev–Trinajstić information content (AvgIpc) is 2.93. The minimum atomic E-state index is -0.152. The summed E-state index contributed by atoms with van der Waals surface area (Å²) in [6.45, 7) is 0. The summed E-state index contributed by atoms with van der Waals surface area (Å²) in [5, 5.41) is 39.3. The number of aromatic hydroxyl groups is 4. The third-order valence-electron chi connectivity index (χ3n) is 3.04. The second-order valence-corrected chi connectivity index (χ2v) is 4.26. The molecule has 2 heterocycles. The van der Waals surface area contributed by atoms with Gasteiger partial charge in [0.1, 0.15) is 0 Å². The van der Waals surface area contributed by atoms with Gasteiger partial charge in [-0.05, 0) is 12.1 Å². The van der Waals surface area contributed by atoms with Crippen LogP contribution in [0.1, 0.15) is 0 Å². The monoisotopic (exact) mass is 272 g/mol. The quantitative estimate of drug-likeness (QED) is 0.575. The summed E-state index contributed by atoms with van der Waals surface area (Å²) in [6, 6.07) is 12.1. The number of rotatable bonds is 2. The van der Waals surface area contributed by atoms with Gasteiger partial charge in [-0.2, -0.15) is 0 Å². The molecule has 0 bridgehead atoms. The molecule has 0 atom stereocenters. The Bertz CT molecular complexity index is 669. The summed E-state index contributed by atoms with van der Waals surface area (Å²) >= 11 is 0. The van der Waals surface area contributed by atoms with Gasteiger partial charge in [-0.15, -0.1) is 0 Å². The molecule has 0 saturated heterocycles. The molecule has 2 aromatic heterocycles. The minimum Gasteiger partial charge on any atom is -0.494 e. The Labute approximate surface area is 114 Å². The lowest BCUT2D eigenvalue weighted by molar-refractivity contribution is 0.394. The van der Waals surface area contributed by atoms with E-state index >= 15 is 0 Å². The molecule has 0 saturated carbocycles. The van der Waals surface area contributed by atoms with Crippen molar-refractivity contribution >= 4 is 0 Å². The van der Waals surface area contributed by atoms with Crippen molar-refractivity contribution in [3.63, 3.8) is 0 Å². The second kappa shape index (κ2) is 4.27. The van der Waals surface area contributed by atoms with Crippen molar-refractivity contribution in [3.8, 4) is 34.9 Å². The van der Waals surface area contributed by atoms with E-state index in [0.717, 1.165) is 0 Å². The van der Waals surface area contributed by atoms with Crippen LogP contribution in [0.25, 0.3) is 11.4 Å². The standard InChI is InChI=1S/C14H12N2O4/c17-11-5-6-12(18)15(11)9-3-1-2-4-10(9)16-13(19)7-8-14(16)20/h1-8,17-20H. The smallest absolute Gasteiger partial charge is 0.198 e. The van der Waals surface area contributed by atoms with E-state index in [4.69, 9.17) is 0 Å². The highest BCUT2D eigenvalue weighted by atomic mass is 16.3. The van der Waals surface area contributed by atoms with E-state index in [9.17, 15) is 20.4 Å². The molecule has 3 aromatic rings. The van der Waals surface area contributed by atoms with Gasteiger partial charge in [-0.1, -0.05) is 12.1 Å². The number of hydrogen-bond donors (Lipinski definition) is 4. The summed E-state index contributed by atoms with van der Waals surface area (Å²) in [5.74, 6) is -0.607. The maximum atomic E-state index is 9.81. The molecule has 0 radical (unpaired) electrons. The van der Waals surface area contributed by atoms with Gasteiger partial charge in [-0.25, -0.2) is 9.13 Å². The lowest BCUT2D eigenvalue weighted by atomic mass is 10.2. The van der Waals surface area contributed by atoms with Crippen LogP contribution in [0.5, 0.6) is 23.5 Å². The fraction of sp³-hybridized carbons (Fsp3) is 0. The predicted molar refractivity (Wildman–Crippen MR) is 71.8 cm³/mol. The van der Waals surface area contributed by atoms with Crippen molar-refractivity contribution in [3.05, 3.63) is 48.5 Å². The van der Waals surface area contributed by atoms with E-state index in [0.29, 0.717) is 11.4 Å². The summed E-state index contributed by atoms with van der Waals surface area (Å²) < 4.78 is 2.41. The third kappa shape index (κ3) is 1.66. The highest BCUT2D eigenvalue weighted by Crippen LogP contribution is 2.34. The number of aromatic nitrogens is 2. The first-order chi connectivity index (χ1) is 9.59. The molecule has 20 heavy (non-hydrogen) atoms. The lowest BCUT2D eigenvalue weighted by Gasteiger charge is -2.14. The van der Waals surface area contributed by atoms with E-state index in [2.05, 4.69) is 0 Å². The van der Waals surface area contributed by atoms with Crippen LogP contribution >= 0.6 is 0 Å². The minimum absolute atomic E-state index is 0.152. The molecule has 3 rings (SSSR count). The first-order valence-electron chi connectivity index (χ1n) is 5.88. The molecule has 0 aliphatic rings. The Morgan fingerprint density at radius 3 is 1.10 bits per heavy atom. The first kappa shape index (κ1) is 12.0. The average molecular weight is 272 g/mol. The summed E-state index contributed by atoms with van der Waals surface area (Å²) in [5.41, 5.74) is 0.823. The fourth-order valence-corrected chi connectivity index (χ4v) is 2.17. The van der Waals surface area contributed by atoms with Gasteiger partial charge in [0.25, 0.3) is 0 Å². The Morgan fingerprint density at radius 1 is 0.500 bits per heavy atom. The van der Waals surface area contributed by atoms with E-state index < -0.39 is 0 Å². The van der Waals surface area contributed by atoms with Gasteiger partial charge in [0.05, 0.1) is 11.4 Å². The van der Waals surface area contributed by atoms with Crippen LogP contribution in [0, 0.1) is 0 Å². The molecule has 0 unspecified atom stereocenters. The second-order valence-electron chi connectivity index (χ2n) is 4.26. The van der Waals surface area contributed by atoms with Crippen molar-refractivity contribution in [2.75, 3.05) is 0 Å². The summed E-state index contributed by atoms with van der Waals surface area (Å²) in [7, 11) is 0. The van der Waals surface area contributed by atoms with Crippen LogP contribution in [0.4, 0.5) is 0 Å². The van der Waals surface area contributed by atoms with Crippen molar-refractivity contribution < 1.29 is 20.4 Å². The van der Waals surface area contributed by atoms with Crippen molar-refractivity contribution in [1.82, 2.24) is 9.13 Å². The third-order valence-corrected chi connectivity index (χ3v) is 3.04. The summed E-state index contributed by atoms with van der Waals surface area (Å²) in [4.78, 5) is 0. The topological polar surface area (TPSA) is 90.8 Å². The predicted octanol–water partition coefficient (Wildman–Crippen LogP) is 2.09. The molecule has 102 valence electrons. The molecule has 0 spiro atoms. The summed E-state index contributed by atoms with van der Waals surface area (Å²) in [6.07, 6.45) is 0. The van der Waals surface area contributed by atoms with Crippen molar-refractivity contribution in [1.29, 1.82) is 0 Å². The van der Waals surface area contributed by atoms with Gasteiger partial charge in [0.15, 0.2) is 23.5 Å². The van der Waals surface area contributed by atoms with Gasteiger partial charge < -0.3 is 20.4 Å². The maximum Gasteiger partial charge on any atom is 0.198 e. The van der Waals surface area contributed by atoms with Gasteiger partial charge in [0.2, 0.25) is 0 Å². The SMILES string of the molecule is Oc1ccc(O)n1-c1ccccc1-n1c(O)ccc1O. The van der Waals surface area contributed by atoms with E-state index in [1.54, 1.807) is 24.3 Å². The van der Waals surface area contributed by atoms with Crippen molar-refractivity contribution in [2.24, 2.45) is 0 Å². The molecular formula is C14H12N2O4. The van der Waals surface area contributed by atoms with Crippen LogP contribution in [-0.4, -0.2) is 29.6 Å². The van der Waals surface area contributed by atoms with E-state index in [-0.39, 0.29) is 23.5 Å². The van der Waals surface area contributed by atoms with Crippen LogP contribution in [0.15, 0.2) is 48.5 Å². The number of hydrogen-bond acceptors (Lipinski definition) is 4. The fourth-order valence-electron chi connectivity index (χ4n) is 2.17. The molecule has 4 N–H and O–H groups in total. The lowest BCUT2D eigenvalue weighted by Crippen LogP contribution is -2.01. The highest BCUT2D eigenvalue weighted by molar-refractivity contribution is 5.59. The zero-order valence-corrected chi connectivity index (χ0v) is 10.3. The molecule has 1 aromatic carbocycles. The Kier molecular flexibility index (Phi) is 2.57. The zero-order chi connectivity index (χ0) is 14.3. The van der Waals surface area contributed by atoms with Gasteiger partial charge in [-0.3, -0.25) is 0 Å². The molecule has 0 aliphatic carbocycles. The Hall–Kier alpha value is -3.02. The zero-order valence-electron chi connectivity index (χ0n) is 10.3. The van der Waals surface area contributed by atoms with Crippen LogP contribution in [0.2, 0.25) is 0 Å². The highest BCUT2D eigenvalue weighted by Gasteiger charge is 2.16. The van der Waals surface area contributed by atoms with Gasteiger partial charge >= 0.3 is 0 Å². The molecule has 6 heteroatoms. The Balaban J connectivity index is 2.30. The number of nitrogens with zero attached hydrogens (tertiary/aromatic N) is 2. The van der Waals surface area contributed by atoms with Gasteiger partial charge in [0, 0.05) is 24.3 Å². The molecule has 6 nitrogen and oxygen atoms in total. The molecule has 0 aliphatic heterocycles. The molecule has 0 amide bonds. The normalized spacial score (nSPS) is 10.8. The van der Waals surface area contributed by atoms with Crippen molar-refractivity contribution in [2.45, 2.75) is 0 Å². The molecule has 0 fully saturated rings. The van der Waals surface area contributed by atoms with E-state index in [1.165, 1.54) is 33.4 Å². The van der Waals surface area contributed by atoms with Crippen LogP contribution in [0.3, 0.4) is 0 Å². The maximum absolute atomic E-state index is 9.81. The Morgan fingerprint density at radius 2 is 0.800 bits per heavy atom. The number of para-hydroxylation sites is 2. The molecular weight excluding hydrogens is 260 g/mol. The largest absolute Gasteiger partial charge is 0.494 e. The van der Waals surface area contributed by atoms with E-state index in [1.807, 2.05) is 0 Å².